The third-order valence-corrected chi connectivity index (χ3v) is 17.0. The summed E-state index contributed by atoms with van der Waals surface area (Å²) in [5.74, 6) is 2.97. The summed E-state index contributed by atoms with van der Waals surface area (Å²) < 4.78 is 2.43. The second-order valence-corrected chi connectivity index (χ2v) is 21.2. The van der Waals surface area contributed by atoms with Crippen molar-refractivity contribution in [2.75, 3.05) is 4.90 Å². The van der Waals surface area contributed by atoms with Gasteiger partial charge in [0.1, 0.15) is 0 Å². The van der Waals surface area contributed by atoms with Crippen molar-refractivity contribution in [3.05, 3.63) is 239 Å². The number of hydrogen-bond donors (Lipinski definition) is 0. The Morgan fingerprint density at radius 2 is 0.817 bits per heavy atom. The number of aryl methyl sites for hydroxylation is 3. The van der Waals surface area contributed by atoms with E-state index < -0.39 is 0 Å². The molecule has 1 aromatic heterocycles. The van der Waals surface area contributed by atoms with Gasteiger partial charge in [-0.15, -0.1) is 0 Å². The lowest BCUT2D eigenvalue weighted by Gasteiger charge is -2.46. The van der Waals surface area contributed by atoms with Gasteiger partial charge >= 0.3 is 0 Å². The van der Waals surface area contributed by atoms with Gasteiger partial charge in [0, 0.05) is 33.5 Å². The summed E-state index contributed by atoms with van der Waals surface area (Å²) in [6, 6.07) is 74.2. The van der Waals surface area contributed by atoms with E-state index in [1.807, 2.05) is 0 Å². The summed E-state index contributed by atoms with van der Waals surface area (Å²) in [5, 5.41) is 2.58. The Kier molecular flexibility index (Phi) is 11.1. The molecule has 2 fully saturated rings. The quantitative estimate of drug-likeness (QED) is 0.155. The highest BCUT2D eigenvalue weighted by Gasteiger charge is 2.42. The average Bonchev–Trinajstić information content (AvgIpc) is 3.76. The maximum Gasteiger partial charge on any atom is 0.0543 e. The number of anilines is 3. The highest BCUT2D eigenvalue weighted by atomic mass is 15.1. The molecule has 6 aliphatic rings. The maximum atomic E-state index is 2.74. The van der Waals surface area contributed by atoms with E-state index >= 15 is 0 Å². The Morgan fingerprint density at radius 3 is 1.38 bits per heavy atom. The molecule has 0 radical (unpaired) electrons. The lowest BCUT2D eigenvalue weighted by molar-refractivity contribution is 0.342. The normalized spacial score (nSPS) is 18.5. The molecule has 1 heterocycles. The summed E-state index contributed by atoms with van der Waals surface area (Å²) >= 11 is 0. The monoisotopic (exact) mass is 918 g/mol. The van der Waals surface area contributed by atoms with Crippen LogP contribution in [0.25, 0.3) is 60.9 Å². The smallest absolute Gasteiger partial charge is 0.0543 e. The number of benzene rings is 9. The van der Waals surface area contributed by atoms with Crippen molar-refractivity contribution in [2.24, 2.45) is 0 Å². The Balaban J connectivity index is 0.000000304. The van der Waals surface area contributed by atoms with Gasteiger partial charge in [-0.2, -0.15) is 0 Å². The van der Waals surface area contributed by atoms with E-state index in [1.54, 1.807) is 27.8 Å². The molecular formula is C69H62N2. The molecule has 16 rings (SSSR count). The first kappa shape index (κ1) is 43.6. The van der Waals surface area contributed by atoms with Gasteiger partial charge in [0.05, 0.1) is 11.0 Å². The molecule has 0 N–H and O–H groups in total. The van der Waals surface area contributed by atoms with E-state index in [4.69, 9.17) is 0 Å². The minimum absolute atomic E-state index is 0.724. The fourth-order valence-electron chi connectivity index (χ4n) is 13.5. The molecule has 0 aliphatic heterocycles. The number of para-hydroxylation sites is 1. The molecular weight excluding hydrogens is 857 g/mol. The Labute approximate surface area is 420 Å². The second kappa shape index (κ2) is 18.1. The predicted octanol–water partition coefficient (Wildman–Crippen LogP) is 19.4. The van der Waals surface area contributed by atoms with Gasteiger partial charge in [0.15, 0.2) is 0 Å². The lowest BCUT2D eigenvalue weighted by atomic mass is 9.59. The number of aromatic nitrogens is 1. The predicted molar refractivity (Wildman–Crippen MR) is 300 cm³/mol. The summed E-state index contributed by atoms with van der Waals surface area (Å²) in [6.45, 7) is 6.50. The first-order valence-corrected chi connectivity index (χ1v) is 26.4. The molecule has 2 nitrogen and oxygen atoms in total. The van der Waals surface area contributed by atoms with Crippen molar-refractivity contribution in [1.29, 1.82) is 0 Å². The summed E-state index contributed by atoms with van der Waals surface area (Å²) in [7, 11) is 0. The minimum Gasteiger partial charge on any atom is -0.311 e. The number of fused-ring (bicyclic) bond motifs is 7. The van der Waals surface area contributed by atoms with Crippen molar-refractivity contribution >= 4 is 38.9 Å². The van der Waals surface area contributed by atoms with Crippen molar-refractivity contribution < 1.29 is 0 Å². The van der Waals surface area contributed by atoms with Gasteiger partial charge < -0.3 is 9.47 Å². The average molecular weight is 919 g/mol. The Morgan fingerprint density at radius 1 is 0.366 bits per heavy atom. The molecule has 2 heteroatoms. The van der Waals surface area contributed by atoms with Crippen LogP contribution in [0.3, 0.4) is 0 Å². The van der Waals surface area contributed by atoms with Crippen LogP contribution >= 0.6 is 0 Å². The SMILES string of the molecule is Cc1ccc2c3ccccc3n(-c3ccc(N(c4ccc(-c5ccccc5)cc4)c4ccc(-c5c6c(cc7c5C5CCC7CC5)C5CCC6CC5)cc4)cc3)c2c1.Cc1ccccc1-c1ccccc1C. The van der Waals surface area contributed by atoms with Crippen LogP contribution in [0.1, 0.15) is 114 Å². The maximum absolute atomic E-state index is 2.74. The van der Waals surface area contributed by atoms with Crippen LogP contribution in [0.2, 0.25) is 0 Å². The summed E-state index contributed by atoms with van der Waals surface area (Å²) in [5.41, 5.74) is 26.2. The Bertz CT molecular complexity index is 3470. The first-order chi connectivity index (χ1) is 34.9. The molecule has 0 amide bonds. The molecule has 348 valence electrons. The minimum atomic E-state index is 0.724. The van der Waals surface area contributed by atoms with Crippen molar-refractivity contribution in [3.8, 4) is 39.1 Å². The van der Waals surface area contributed by atoms with Crippen LogP contribution in [-0.2, 0) is 0 Å². The standard InChI is InChI=1S/C55H48N2.C14H14/c1-35-11-32-48-47-9-5-6-10-51(47)57(52(48)33-35)46-30-28-45(29-31-46)56(43-24-20-37(21-25-43)36-7-3-2-4-8-36)44-26-22-42(23-27-44)55-53-40-16-12-38(13-17-40)49(53)34-50-39-14-18-41(19-15-39)54(50)55;1-11-7-3-5-9-13(11)14-10-6-4-8-12(14)2/h2-11,20-34,38-41H,12-19H2,1H3;3-10H,1-2H3. The van der Waals surface area contributed by atoms with Crippen LogP contribution in [0.5, 0.6) is 0 Å². The van der Waals surface area contributed by atoms with E-state index in [-0.39, 0.29) is 0 Å². The van der Waals surface area contributed by atoms with Crippen molar-refractivity contribution in [1.82, 2.24) is 4.57 Å². The highest BCUT2D eigenvalue weighted by Crippen LogP contribution is 2.60. The zero-order valence-electron chi connectivity index (χ0n) is 41.4. The van der Waals surface area contributed by atoms with Gasteiger partial charge in [-0.3, -0.25) is 0 Å². The fourth-order valence-corrected chi connectivity index (χ4v) is 13.5. The van der Waals surface area contributed by atoms with Gasteiger partial charge in [-0.05, 0) is 229 Å². The molecule has 71 heavy (non-hydrogen) atoms. The number of hydrogen-bond acceptors (Lipinski definition) is 1. The van der Waals surface area contributed by atoms with E-state index in [1.165, 1.54) is 129 Å². The molecule has 2 saturated carbocycles. The third kappa shape index (κ3) is 7.71. The molecule has 9 aromatic carbocycles. The number of nitrogens with zero attached hydrogens (tertiary/aromatic N) is 2. The zero-order valence-corrected chi connectivity index (χ0v) is 41.4. The van der Waals surface area contributed by atoms with Crippen LogP contribution < -0.4 is 4.90 Å². The second-order valence-electron chi connectivity index (χ2n) is 21.2. The first-order valence-electron chi connectivity index (χ1n) is 26.4. The molecule has 4 bridgehead atoms. The van der Waals surface area contributed by atoms with E-state index in [0.29, 0.717) is 0 Å². The van der Waals surface area contributed by atoms with Crippen LogP contribution in [0.15, 0.2) is 200 Å². The molecule has 10 aromatic rings. The Hall–Kier alpha value is -7.42. The largest absolute Gasteiger partial charge is 0.311 e. The van der Waals surface area contributed by atoms with Crippen LogP contribution in [-0.4, -0.2) is 4.57 Å². The third-order valence-electron chi connectivity index (χ3n) is 17.0. The van der Waals surface area contributed by atoms with Crippen LogP contribution in [0, 0.1) is 20.8 Å². The summed E-state index contributed by atoms with van der Waals surface area (Å²) in [6.07, 6.45) is 11.0. The van der Waals surface area contributed by atoms with E-state index in [9.17, 15) is 0 Å². The van der Waals surface area contributed by atoms with Gasteiger partial charge in [0.25, 0.3) is 0 Å². The highest BCUT2D eigenvalue weighted by molar-refractivity contribution is 6.09. The van der Waals surface area contributed by atoms with E-state index in [0.717, 1.165) is 35.0 Å². The summed E-state index contributed by atoms with van der Waals surface area (Å²) in [4.78, 5) is 2.44. The molecule has 0 atom stereocenters. The van der Waals surface area contributed by atoms with Gasteiger partial charge in [-0.25, -0.2) is 0 Å². The molecule has 0 saturated heterocycles. The fraction of sp³-hybridized carbons (Fsp3) is 0.217. The van der Waals surface area contributed by atoms with Crippen LogP contribution in [0.4, 0.5) is 17.1 Å². The molecule has 6 aliphatic carbocycles. The molecule has 0 unspecified atom stereocenters. The zero-order chi connectivity index (χ0) is 47.6. The lowest BCUT2D eigenvalue weighted by Crippen LogP contribution is -2.28. The van der Waals surface area contributed by atoms with Crippen molar-refractivity contribution in [3.63, 3.8) is 0 Å². The topological polar surface area (TPSA) is 8.17 Å². The van der Waals surface area contributed by atoms with Crippen molar-refractivity contribution in [2.45, 2.75) is 95.8 Å². The number of rotatable bonds is 7. The van der Waals surface area contributed by atoms with Gasteiger partial charge in [-0.1, -0.05) is 140 Å². The molecule has 0 spiro atoms. The van der Waals surface area contributed by atoms with E-state index in [2.05, 4.69) is 230 Å². The van der Waals surface area contributed by atoms with Gasteiger partial charge in [0.2, 0.25) is 0 Å².